The van der Waals surface area contributed by atoms with E-state index in [9.17, 15) is 4.79 Å². The molecule has 2 heterocycles. The van der Waals surface area contributed by atoms with Crippen LogP contribution >= 0.6 is 0 Å². The van der Waals surface area contributed by atoms with Gasteiger partial charge in [-0.15, -0.1) is 0 Å². The molecule has 1 N–H and O–H groups in total. The molecule has 0 aliphatic carbocycles. The molecule has 1 aromatic carbocycles. The summed E-state index contributed by atoms with van der Waals surface area (Å²) in [5, 5.41) is 3.16. The van der Waals surface area contributed by atoms with Crippen molar-refractivity contribution < 1.29 is 9.53 Å². The van der Waals surface area contributed by atoms with Crippen molar-refractivity contribution in [2.45, 2.75) is 19.9 Å². The lowest BCUT2D eigenvalue weighted by Gasteiger charge is -2.29. The molecule has 1 aliphatic heterocycles. The minimum Gasteiger partial charge on any atom is -0.378 e. The fourth-order valence-electron chi connectivity index (χ4n) is 2.83. The van der Waals surface area contributed by atoms with E-state index in [1.807, 2.05) is 12.1 Å². The number of benzene rings is 1. The normalized spacial score (nSPS) is 15.8. The Bertz CT molecular complexity index is 697. The number of nitrogens with zero attached hydrogens (tertiary/aromatic N) is 2. The Kier molecular flexibility index (Phi) is 5.11. The van der Waals surface area contributed by atoms with Gasteiger partial charge in [-0.05, 0) is 42.2 Å². The predicted octanol–water partition coefficient (Wildman–Crippen LogP) is 2.83. The van der Waals surface area contributed by atoms with Crippen LogP contribution in [0.4, 0.5) is 4.79 Å². The van der Waals surface area contributed by atoms with E-state index in [4.69, 9.17) is 4.74 Å². The number of hydrogen-bond acceptors (Lipinski definition) is 3. The van der Waals surface area contributed by atoms with Crippen molar-refractivity contribution in [1.82, 2.24) is 15.2 Å². The van der Waals surface area contributed by atoms with E-state index in [1.165, 1.54) is 11.1 Å². The molecule has 1 saturated heterocycles. The fourth-order valence-corrected chi connectivity index (χ4v) is 2.83. The van der Waals surface area contributed by atoms with Gasteiger partial charge in [-0.25, -0.2) is 4.79 Å². The molecule has 5 nitrogen and oxygen atoms in total. The third kappa shape index (κ3) is 3.74. The number of carbonyl (C=O) groups is 1. The summed E-state index contributed by atoms with van der Waals surface area (Å²) in [7, 11) is 0. The van der Waals surface area contributed by atoms with Gasteiger partial charge in [0.05, 0.1) is 19.3 Å². The first-order valence-electron chi connectivity index (χ1n) is 8.25. The van der Waals surface area contributed by atoms with Gasteiger partial charge in [-0.1, -0.05) is 24.3 Å². The van der Waals surface area contributed by atoms with Crippen LogP contribution in [0.2, 0.25) is 0 Å². The number of carbonyl (C=O) groups excluding carboxylic acids is 1. The van der Waals surface area contributed by atoms with Crippen LogP contribution in [0.3, 0.4) is 0 Å². The number of urea groups is 1. The van der Waals surface area contributed by atoms with Crippen molar-refractivity contribution in [2.75, 3.05) is 26.3 Å². The third-order valence-electron chi connectivity index (χ3n) is 4.45. The first kappa shape index (κ1) is 16.5. The number of aromatic nitrogens is 1. The van der Waals surface area contributed by atoms with E-state index in [-0.39, 0.29) is 12.1 Å². The number of nitrogens with one attached hydrogen (secondary N) is 1. The highest BCUT2D eigenvalue weighted by Crippen LogP contribution is 2.24. The van der Waals surface area contributed by atoms with Crippen molar-refractivity contribution in [3.05, 3.63) is 65.0 Å². The van der Waals surface area contributed by atoms with Crippen molar-refractivity contribution >= 4 is 6.03 Å². The van der Waals surface area contributed by atoms with Crippen molar-refractivity contribution in [1.29, 1.82) is 0 Å². The number of hydrogen-bond donors (Lipinski definition) is 1. The maximum atomic E-state index is 12.6. The number of aryl methyl sites for hydroxylation is 2. The fraction of sp³-hybridized carbons (Fsp3) is 0.368. The van der Waals surface area contributed by atoms with E-state index in [1.54, 1.807) is 17.3 Å². The lowest BCUT2D eigenvalue weighted by Crippen LogP contribution is -2.47. The predicted molar refractivity (Wildman–Crippen MR) is 92.9 cm³/mol. The second-order valence-electron chi connectivity index (χ2n) is 6.11. The number of pyridine rings is 1. The molecule has 2 amide bonds. The maximum Gasteiger partial charge on any atom is 0.318 e. The molecule has 1 aromatic heterocycles. The van der Waals surface area contributed by atoms with Gasteiger partial charge < -0.3 is 15.0 Å². The molecule has 1 atom stereocenters. The summed E-state index contributed by atoms with van der Waals surface area (Å²) in [5.41, 5.74) is 4.49. The Morgan fingerprint density at radius 3 is 2.62 bits per heavy atom. The van der Waals surface area contributed by atoms with E-state index in [0.29, 0.717) is 26.3 Å². The third-order valence-corrected chi connectivity index (χ3v) is 4.45. The molecule has 2 aromatic rings. The van der Waals surface area contributed by atoms with Gasteiger partial charge in [0.15, 0.2) is 0 Å². The molecule has 0 spiro atoms. The summed E-state index contributed by atoms with van der Waals surface area (Å²) < 4.78 is 5.32. The van der Waals surface area contributed by atoms with Gasteiger partial charge in [-0.3, -0.25) is 4.98 Å². The van der Waals surface area contributed by atoms with Crippen LogP contribution in [0.25, 0.3) is 0 Å². The highest BCUT2D eigenvalue weighted by molar-refractivity contribution is 5.75. The van der Waals surface area contributed by atoms with Crippen molar-refractivity contribution in [2.24, 2.45) is 0 Å². The highest BCUT2D eigenvalue weighted by Gasteiger charge is 2.22. The summed E-state index contributed by atoms with van der Waals surface area (Å²) in [4.78, 5) is 18.7. The van der Waals surface area contributed by atoms with Gasteiger partial charge in [0.2, 0.25) is 0 Å². The summed E-state index contributed by atoms with van der Waals surface area (Å²) in [6.07, 6.45) is 3.55. The lowest BCUT2D eigenvalue weighted by molar-refractivity contribution is 0.0528. The Balaban J connectivity index is 1.87. The Morgan fingerprint density at radius 2 is 1.96 bits per heavy atom. The molecule has 1 aliphatic rings. The zero-order valence-corrected chi connectivity index (χ0v) is 14.2. The number of amides is 2. The molecular weight excluding hydrogens is 302 g/mol. The zero-order valence-electron chi connectivity index (χ0n) is 14.2. The first-order chi connectivity index (χ1) is 11.6. The van der Waals surface area contributed by atoms with E-state index < -0.39 is 0 Å². The van der Waals surface area contributed by atoms with Crippen LogP contribution in [-0.4, -0.2) is 42.2 Å². The molecule has 3 rings (SSSR count). The molecule has 0 radical (unpaired) electrons. The molecule has 24 heavy (non-hydrogen) atoms. The molecule has 1 fully saturated rings. The van der Waals surface area contributed by atoms with Crippen LogP contribution in [0.15, 0.2) is 42.7 Å². The van der Waals surface area contributed by atoms with Gasteiger partial charge >= 0.3 is 6.03 Å². The molecule has 126 valence electrons. The van der Waals surface area contributed by atoms with E-state index in [0.717, 1.165) is 11.1 Å². The minimum absolute atomic E-state index is 0.0645. The van der Waals surface area contributed by atoms with Gasteiger partial charge in [0.1, 0.15) is 0 Å². The number of morpholine rings is 1. The molecular formula is C19H23N3O2. The first-order valence-corrected chi connectivity index (χ1v) is 8.25. The quantitative estimate of drug-likeness (QED) is 0.944. The second kappa shape index (κ2) is 7.45. The van der Waals surface area contributed by atoms with Gasteiger partial charge in [0, 0.05) is 25.5 Å². The van der Waals surface area contributed by atoms with E-state index >= 15 is 0 Å². The van der Waals surface area contributed by atoms with Crippen LogP contribution < -0.4 is 5.32 Å². The number of rotatable bonds is 3. The lowest BCUT2D eigenvalue weighted by atomic mass is 9.96. The smallest absolute Gasteiger partial charge is 0.318 e. The minimum atomic E-state index is -0.214. The van der Waals surface area contributed by atoms with Crippen LogP contribution in [0, 0.1) is 13.8 Å². The summed E-state index contributed by atoms with van der Waals surface area (Å²) >= 11 is 0. The second-order valence-corrected chi connectivity index (χ2v) is 6.11. The Labute approximate surface area is 142 Å². The highest BCUT2D eigenvalue weighted by atomic mass is 16.5. The molecule has 0 saturated carbocycles. The van der Waals surface area contributed by atoms with Gasteiger partial charge in [0.25, 0.3) is 0 Å². The molecule has 0 unspecified atom stereocenters. The average Bonchev–Trinajstić information content (AvgIpc) is 2.63. The van der Waals surface area contributed by atoms with Gasteiger partial charge in [-0.2, -0.15) is 0 Å². The van der Waals surface area contributed by atoms with Crippen molar-refractivity contribution in [3.8, 4) is 0 Å². The van der Waals surface area contributed by atoms with Crippen molar-refractivity contribution in [3.63, 3.8) is 0 Å². The standard InChI is InChI=1S/C19H23N3O2/c1-14-5-6-16(12-15(14)2)18(17-4-3-7-20-13-17)21-19(23)22-8-10-24-11-9-22/h3-7,12-13,18H,8-11H2,1-2H3,(H,21,23)/t18-/m0/s1. The summed E-state index contributed by atoms with van der Waals surface area (Å²) in [6.45, 7) is 6.60. The van der Waals surface area contributed by atoms with Crippen LogP contribution in [0.1, 0.15) is 28.3 Å². The number of ether oxygens (including phenoxy) is 1. The average molecular weight is 325 g/mol. The maximum absolute atomic E-state index is 12.6. The molecule has 0 bridgehead atoms. The van der Waals surface area contributed by atoms with Crippen LogP contribution in [0.5, 0.6) is 0 Å². The van der Waals surface area contributed by atoms with Crippen LogP contribution in [-0.2, 0) is 4.74 Å². The SMILES string of the molecule is Cc1ccc([C@H](NC(=O)N2CCOCC2)c2cccnc2)cc1C. The van der Waals surface area contributed by atoms with E-state index in [2.05, 4.69) is 42.3 Å². The Morgan fingerprint density at radius 1 is 1.17 bits per heavy atom. The zero-order chi connectivity index (χ0) is 16.9. The largest absolute Gasteiger partial charge is 0.378 e. The Hall–Kier alpha value is -2.40. The topological polar surface area (TPSA) is 54.5 Å². The monoisotopic (exact) mass is 325 g/mol. The summed E-state index contributed by atoms with van der Waals surface area (Å²) in [6, 6.07) is 9.90. The summed E-state index contributed by atoms with van der Waals surface area (Å²) in [5.74, 6) is 0. The molecule has 5 heteroatoms.